The summed E-state index contributed by atoms with van der Waals surface area (Å²) in [4.78, 5) is 10.4. The Bertz CT molecular complexity index is 368. The number of nitro groups is 1. The van der Waals surface area contributed by atoms with E-state index in [0.29, 0.717) is 12.1 Å². The van der Waals surface area contributed by atoms with Gasteiger partial charge >= 0.3 is 5.69 Å². The zero-order valence-corrected chi connectivity index (χ0v) is 8.97. The van der Waals surface area contributed by atoms with E-state index in [1.807, 2.05) is 0 Å². The maximum absolute atomic E-state index is 10.9. The van der Waals surface area contributed by atoms with Crippen molar-refractivity contribution >= 4 is 11.4 Å². The standard InChI is InChI=1S/C10H14N2O4/c1-11-8-4-2-5-9(10(8)12(14)15)16-7-3-6-13/h2,4-5,11,13H,3,6-7H2,1H3. The van der Waals surface area contributed by atoms with Gasteiger partial charge in [0.05, 0.1) is 11.5 Å². The Morgan fingerprint density at radius 1 is 1.56 bits per heavy atom. The van der Waals surface area contributed by atoms with E-state index in [1.165, 1.54) is 6.07 Å². The highest BCUT2D eigenvalue weighted by Gasteiger charge is 2.19. The second kappa shape index (κ2) is 5.92. The summed E-state index contributed by atoms with van der Waals surface area (Å²) in [6, 6.07) is 4.82. The van der Waals surface area contributed by atoms with Crippen LogP contribution >= 0.6 is 0 Å². The van der Waals surface area contributed by atoms with E-state index < -0.39 is 4.92 Å². The second-order valence-electron chi connectivity index (χ2n) is 3.09. The molecule has 0 fully saturated rings. The molecule has 0 radical (unpaired) electrons. The van der Waals surface area contributed by atoms with E-state index in [9.17, 15) is 10.1 Å². The first-order valence-electron chi connectivity index (χ1n) is 4.89. The van der Waals surface area contributed by atoms with Gasteiger partial charge in [0.2, 0.25) is 0 Å². The predicted octanol–water partition coefficient (Wildman–Crippen LogP) is 1.40. The number of para-hydroxylation sites is 1. The number of aliphatic hydroxyl groups excluding tert-OH is 1. The van der Waals surface area contributed by atoms with E-state index in [4.69, 9.17) is 9.84 Å². The van der Waals surface area contributed by atoms with Gasteiger partial charge in [-0.3, -0.25) is 10.1 Å². The van der Waals surface area contributed by atoms with Crippen LogP contribution in [0.3, 0.4) is 0 Å². The lowest BCUT2D eigenvalue weighted by atomic mass is 10.2. The topological polar surface area (TPSA) is 84.6 Å². The fourth-order valence-corrected chi connectivity index (χ4v) is 1.28. The van der Waals surface area contributed by atoms with Gasteiger partial charge in [0.25, 0.3) is 0 Å². The summed E-state index contributed by atoms with van der Waals surface area (Å²) >= 11 is 0. The van der Waals surface area contributed by atoms with Crippen LogP contribution < -0.4 is 10.1 Å². The molecule has 1 aromatic rings. The minimum absolute atomic E-state index is 0.000480. The lowest BCUT2D eigenvalue weighted by molar-refractivity contribution is -0.384. The van der Waals surface area contributed by atoms with Crippen molar-refractivity contribution in [3.8, 4) is 5.75 Å². The van der Waals surface area contributed by atoms with Gasteiger partial charge in [-0.25, -0.2) is 0 Å². The summed E-state index contributed by atoms with van der Waals surface area (Å²) in [6.45, 7) is 0.254. The highest BCUT2D eigenvalue weighted by atomic mass is 16.6. The molecule has 0 unspecified atom stereocenters. The molecular formula is C10H14N2O4. The Labute approximate surface area is 93.0 Å². The van der Waals surface area contributed by atoms with Gasteiger partial charge in [-0.1, -0.05) is 6.07 Å². The minimum Gasteiger partial charge on any atom is -0.487 e. The minimum atomic E-state index is -0.486. The third-order valence-electron chi connectivity index (χ3n) is 2.01. The Morgan fingerprint density at radius 2 is 2.31 bits per heavy atom. The maximum atomic E-state index is 10.9. The van der Waals surface area contributed by atoms with Crippen molar-refractivity contribution in [2.45, 2.75) is 6.42 Å². The number of hydrogen-bond acceptors (Lipinski definition) is 5. The van der Waals surface area contributed by atoms with Crippen molar-refractivity contribution in [1.82, 2.24) is 0 Å². The van der Waals surface area contributed by atoms with Crippen LogP contribution in [0.25, 0.3) is 0 Å². The molecule has 0 aromatic heterocycles. The molecule has 0 aliphatic carbocycles. The van der Waals surface area contributed by atoms with Crippen LogP contribution in [-0.4, -0.2) is 30.3 Å². The lowest BCUT2D eigenvalue weighted by Gasteiger charge is -2.08. The number of rotatable bonds is 6. The molecule has 0 aliphatic rings. The predicted molar refractivity (Wildman–Crippen MR) is 59.8 cm³/mol. The quantitative estimate of drug-likeness (QED) is 0.435. The Balaban J connectivity index is 2.93. The maximum Gasteiger partial charge on any atom is 0.333 e. The smallest absolute Gasteiger partial charge is 0.333 e. The SMILES string of the molecule is CNc1cccc(OCCCO)c1[N+](=O)[O-]. The zero-order chi connectivity index (χ0) is 12.0. The van der Waals surface area contributed by atoms with Gasteiger partial charge < -0.3 is 15.2 Å². The van der Waals surface area contributed by atoms with E-state index >= 15 is 0 Å². The number of ether oxygens (including phenoxy) is 1. The van der Waals surface area contributed by atoms with E-state index in [2.05, 4.69) is 5.32 Å². The average molecular weight is 226 g/mol. The molecule has 6 heteroatoms. The summed E-state index contributed by atoms with van der Waals surface area (Å²) in [7, 11) is 1.61. The molecule has 0 atom stereocenters. The molecule has 0 bridgehead atoms. The number of nitro benzene ring substituents is 1. The van der Waals surface area contributed by atoms with Crippen molar-refractivity contribution in [2.24, 2.45) is 0 Å². The van der Waals surface area contributed by atoms with Crippen molar-refractivity contribution in [2.75, 3.05) is 25.6 Å². The number of nitrogens with one attached hydrogen (secondary N) is 1. The van der Waals surface area contributed by atoms with E-state index in [0.717, 1.165) is 0 Å². The van der Waals surface area contributed by atoms with Crippen LogP contribution in [0.5, 0.6) is 5.75 Å². The number of benzene rings is 1. The van der Waals surface area contributed by atoms with Gasteiger partial charge in [0, 0.05) is 20.1 Å². The van der Waals surface area contributed by atoms with E-state index in [1.54, 1.807) is 19.2 Å². The molecule has 2 N–H and O–H groups in total. The largest absolute Gasteiger partial charge is 0.487 e. The number of nitrogens with zero attached hydrogens (tertiary/aromatic N) is 1. The third-order valence-corrected chi connectivity index (χ3v) is 2.01. The summed E-state index contributed by atoms with van der Waals surface area (Å²) in [5, 5.41) is 22.2. The van der Waals surface area contributed by atoms with Crippen LogP contribution in [-0.2, 0) is 0 Å². The molecule has 0 amide bonds. The van der Waals surface area contributed by atoms with Gasteiger partial charge in [-0.15, -0.1) is 0 Å². The normalized spacial score (nSPS) is 9.88. The van der Waals surface area contributed by atoms with Gasteiger partial charge in [-0.05, 0) is 12.1 Å². The van der Waals surface area contributed by atoms with Crippen LogP contribution in [0.1, 0.15) is 6.42 Å². The highest BCUT2D eigenvalue weighted by molar-refractivity contribution is 5.68. The average Bonchev–Trinajstić information content (AvgIpc) is 2.28. The highest BCUT2D eigenvalue weighted by Crippen LogP contribution is 2.34. The van der Waals surface area contributed by atoms with Crippen molar-refractivity contribution < 1.29 is 14.8 Å². The van der Waals surface area contributed by atoms with Crippen molar-refractivity contribution in [3.63, 3.8) is 0 Å². The fourth-order valence-electron chi connectivity index (χ4n) is 1.28. The summed E-state index contributed by atoms with van der Waals surface area (Å²) < 4.78 is 5.24. The fraction of sp³-hybridized carbons (Fsp3) is 0.400. The summed E-state index contributed by atoms with van der Waals surface area (Å²) in [5.41, 5.74) is 0.328. The molecule has 88 valence electrons. The molecule has 0 saturated heterocycles. The first-order chi connectivity index (χ1) is 7.70. The second-order valence-corrected chi connectivity index (χ2v) is 3.09. The lowest BCUT2D eigenvalue weighted by Crippen LogP contribution is -2.04. The molecule has 0 saturated carbocycles. The van der Waals surface area contributed by atoms with Gasteiger partial charge in [-0.2, -0.15) is 0 Å². The van der Waals surface area contributed by atoms with Crippen molar-refractivity contribution in [1.29, 1.82) is 0 Å². The molecule has 1 rings (SSSR count). The Kier molecular flexibility index (Phi) is 4.53. The third kappa shape index (κ3) is 2.83. The first-order valence-corrected chi connectivity index (χ1v) is 4.89. The number of aliphatic hydroxyl groups is 1. The zero-order valence-electron chi connectivity index (χ0n) is 8.97. The molecule has 16 heavy (non-hydrogen) atoms. The summed E-state index contributed by atoms with van der Waals surface area (Å²) in [6.07, 6.45) is 0.445. The van der Waals surface area contributed by atoms with Crippen LogP contribution in [0, 0.1) is 10.1 Å². The number of anilines is 1. The molecule has 1 aromatic carbocycles. The van der Waals surface area contributed by atoms with E-state index in [-0.39, 0.29) is 24.7 Å². The Morgan fingerprint density at radius 3 is 2.88 bits per heavy atom. The molecule has 0 spiro atoms. The van der Waals surface area contributed by atoms with Crippen molar-refractivity contribution in [3.05, 3.63) is 28.3 Å². The number of hydrogen-bond donors (Lipinski definition) is 2. The van der Waals surface area contributed by atoms with Crippen LogP contribution in [0.4, 0.5) is 11.4 Å². The van der Waals surface area contributed by atoms with Gasteiger partial charge in [0.1, 0.15) is 5.69 Å². The first kappa shape index (κ1) is 12.3. The molecule has 6 nitrogen and oxygen atoms in total. The Hall–Kier alpha value is -1.82. The molecular weight excluding hydrogens is 212 g/mol. The molecule has 0 heterocycles. The van der Waals surface area contributed by atoms with Crippen LogP contribution in [0.15, 0.2) is 18.2 Å². The van der Waals surface area contributed by atoms with Crippen LogP contribution in [0.2, 0.25) is 0 Å². The summed E-state index contributed by atoms with van der Waals surface area (Å²) in [5.74, 6) is 0.213. The molecule has 0 aliphatic heterocycles. The monoisotopic (exact) mass is 226 g/mol. The van der Waals surface area contributed by atoms with Gasteiger partial charge in [0.15, 0.2) is 5.75 Å².